The van der Waals surface area contributed by atoms with Crippen molar-refractivity contribution in [3.63, 3.8) is 0 Å². The van der Waals surface area contributed by atoms with Gasteiger partial charge in [0.05, 0.1) is 19.4 Å². The van der Waals surface area contributed by atoms with Crippen molar-refractivity contribution < 1.29 is 13.6 Å². The fourth-order valence-corrected chi connectivity index (χ4v) is 5.35. The Morgan fingerprint density at radius 2 is 0.786 bits per heavy atom. The molecule has 0 spiro atoms. The van der Waals surface area contributed by atoms with Gasteiger partial charge in [-0.25, -0.2) is 0 Å². The van der Waals surface area contributed by atoms with Gasteiger partial charge in [0.1, 0.15) is 0 Å². The Morgan fingerprint density at radius 3 is 1.11 bits per heavy atom. The van der Waals surface area contributed by atoms with Crippen molar-refractivity contribution in [1.82, 2.24) is 0 Å². The lowest BCUT2D eigenvalue weighted by atomic mass is 10.0. The summed E-state index contributed by atoms with van der Waals surface area (Å²) in [6.07, 6.45) is 24.0. The number of unbranched alkanes of at least 4 members (excludes halogenated alkanes) is 15. The summed E-state index contributed by atoms with van der Waals surface area (Å²) >= 11 is 0. The first-order chi connectivity index (χ1) is 13.7. The molecule has 170 valence electrons. The first-order valence-corrected chi connectivity index (χ1v) is 14.3. The molecule has 4 heteroatoms. The lowest BCUT2D eigenvalue weighted by Crippen LogP contribution is -2.02. The minimum atomic E-state index is -2.84. The molecule has 0 aliphatic heterocycles. The van der Waals surface area contributed by atoms with Crippen molar-refractivity contribution in [3.05, 3.63) is 0 Å². The second kappa shape index (κ2) is 21.8. The van der Waals surface area contributed by atoms with E-state index in [0.717, 1.165) is 25.7 Å². The summed E-state index contributed by atoms with van der Waals surface area (Å²) in [4.78, 5) is 0. The van der Waals surface area contributed by atoms with Crippen molar-refractivity contribution in [2.45, 2.75) is 136 Å². The van der Waals surface area contributed by atoms with Crippen molar-refractivity contribution >= 4 is 7.60 Å². The van der Waals surface area contributed by atoms with Crippen LogP contribution in [0.15, 0.2) is 0 Å². The Balaban J connectivity index is 3.40. The monoisotopic (exact) mass is 418 g/mol. The van der Waals surface area contributed by atoms with E-state index in [-0.39, 0.29) is 0 Å². The fourth-order valence-electron chi connectivity index (χ4n) is 3.48. The molecule has 28 heavy (non-hydrogen) atoms. The maximum atomic E-state index is 12.6. The van der Waals surface area contributed by atoms with Crippen LogP contribution in [0.5, 0.6) is 0 Å². The fraction of sp³-hybridized carbons (Fsp3) is 1.00. The predicted octanol–water partition coefficient (Wildman–Crippen LogP) is 9.29. The number of rotatable bonds is 23. The van der Waals surface area contributed by atoms with Gasteiger partial charge in [-0.15, -0.1) is 0 Å². The Labute approximate surface area is 177 Å². The zero-order valence-corrected chi connectivity index (χ0v) is 20.4. The molecule has 0 saturated carbocycles. The van der Waals surface area contributed by atoms with E-state index in [1.165, 1.54) is 89.9 Å². The van der Waals surface area contributed by atoms with Crippen LogP contribution in [-0.2, 0) is 13.6 Å². The summed E-state index contributed by atoms with van der Waals surface area (Å²) in [5.74, 6) is 0. The van der Waals surface area contributed by atoms with Crippen LogP contribution in [0.25, 0.3) is 0 Å². The van der Waals surface area contributed by atoms with Gasteiger partial charge in [-0.1, -0.05) is 117 Å². The van der Waals surface area contributed by atoms with E-state index in [1.807, 2.05) is 13.8 Å². The molecule has 0 saturated heterocycles. The third-order valence-electron chi connectivity index (χ3n) is 5.27. The molecule has 0 fully saturated rings. The second-order valence-electron chi connectivity index (χ2n) is 8.30. The smallest absolute Gasteiger partial charge is 0.309 e. The van der Waals surface area contributed by atoms with E-state index < -0.39 is 7.60 Å². The van der Waals surface area contributed by atoms with E-state index in [9.17, 15) is 4.57 Å². The minimum absolute atomic E-state index is 0.542. The van der Waals surface area contributed by atoms with E-state index in [0.29, 0.717) is 19.4 Å². The molecule has 0 unspecified atom stereocenters. The molecule has 0 aliphatic carbocycles. The van der Waals surface area contributed by atoms with Gasteiger partial charge in [-0.05, 0) is 19.3 Å². The molecular formula is C24H51O3P. The van der Waals surface area contributed by atoms with Gasteiger partial charge in [0.2, 0.25) is 0 Å². The maximum absolute atomic E-state index is 12.6. The molecular weight excluding hydrogens is 367 g/mol. The lowest BCUT2D eigenvalue weighted by Gasteiger charge is -2.18. The van der Waals surface area contributed by atoms with Crippen molar-refractivity contribution in [1.29, 1.82) is 0 Å². The average molecular weight is 419 g/mol. The quantitative estimate of drug-likeness (QED) is 0.122. The van der Waals surface area contributed by atoms with Gasteiger partial charge in [0, 0.05) is 0 Å². The van der Waals surface area contributed by atoms with Crippen LogP contribution >= 0.6 is 7.60 Å². The summed E-state index contributed by atoms with van der Waals surface area (Å²) in [5.41, 5.74) is 0. The topological polar surface area (TPSA) is 35.5 Å². The standard InChI is InChI=1S/C24H51O3P/c1-4-7-8-9-10-11-12-13-14-15-16-17-18-19-20-21-24-28(25,26-22-5-2)27-23-6-3/h4-24H2,1-3H3. The third-order valence-corrected chi connectivity index (χ3v) is 7.29. The van der Waals surface area contributed by atoms with Gasteiger partial charge in [0.25, 0.3) is 0 Å². The highest BCUT2D eigenvalue weighted by Gasteiger charge is 2.23. The normalized spacial score (nSPS) is 12.0. The Morgan fingerprint density at radius 1 is 0.464 bits per heavy atom. The van der Waals surface area contributed by atoms with E-state index in [2.05, 4.69) is 6.92 Å². The highest BCUT2D eigenvalue weighted by Crippen LogP contribution is 2.49. The average Bonchev–Trinajstić information content (AvgIpc) is 2.70. The van der Waals surface area contributed by atoms with Gasteiger partial charge in [-0.3, -0.25) is 4.57 Å². The Hall–Kier alpha value is 0.150. The largest absolute Gasteiger partial charge is 0.330 e. The molecule has 0 amide bonds. The summed E-state index contributed by atoms with van der Waals surface area (Å²) in [5, 5.41) is 0. The summed E-state index contributed by atoms with van der Waals surface area (Å²) in [6.45, 7) is 7.45. The van der Waals surface area contributed by atoms with Crippen LogP contribution in [0.1, 0.15) is 136 Å². The molecule has 0 aromatic carbocycles. The third kappa shape index (κ3) is 19.5. The molecule has 0 bridgehead atoms. The Kier molecular flexibility index (Phi) is 22.0. The first-order valence-electron chi connectivity index (χ1n) is 12.6. The van der Waals surface area contributed by atoms with Gasteiger partial charge in [-0.2, -0.15) is 0 Å². The summed E-state index contributed by atoms with van der Waals surface area (Å²) in [7, 11) is -2.84. The van der Waals surface area contributed by atoms with Gasteiger partial charge < -0.3 is 9.05 Å². The molecule has 0 radical (unpaired) electrons. The molecule has 0 rings (SSSR count). The molecule has 0 N–H and O–H groups in total. The van der Waals surface area contributed by atoms with Gasteiger partial charge >= 0.3 is 7.60 Å². The second-order valence-corrected chi connectivity index (χ2v) is 10.5. The highest BCUT2D eigenvalue weighted by atomic mass is 31.2. The van der Waals surface area contributed by atoms with Crippen LogP contribution in [0, 0.1) is 0 Å². The lowest BCUT2D eigenvalue weighted by molar-refractivity contribution is 0.204. The molecule has 0 aliphatic rings. The molecule has 0 atom stereocenters. The van der Waals surface area contributed by atoms with E-state index >= 15 is 0 Å². The van der Waals surface area contributed by atoms with Crippen molar-refractivity contribution in [2.75, 3.05) is 19.4 Å². The van der Waals surface area contributed by atoms with Crippen LogP contribution in [0.3, 0.4) is 0 Å². The SMILES string of the molecule is CCCCCCCCCCCCCCCCCCP(=O)(OCCC)OCCC. The van der Waals surface area contributed by atoms with E-state index in [4.69, 9.17) is 9.05 Å². The zero-order chi connectivity index (χ0) is 20.8. The van der Waals surface area contributed by atoms with E-state index in [1.54, 1.807) is 0 Å². The number of hydrogen-bond donors (Lipinski definition) is 0. The molecule has 0 aromatic heterocycles. The van der Waals surface area contributed by atoms with Crippen LogP contribution < -0.4 is 0 Å². The Bertz CT molecular complexity index is 335. The minimum Gasteiger partial charge on any atom is -0.309 e. The highest BCUT2D eigenvalue weighted by molar-refractivity contribution is 7.53. The maximum Gasteiger partial charge on any atom is 0.330 e. The van der Waals surface area contributed by atoms with Crippen LogP contribution in [0.4, 0.5) is 0 Å². The zero-order valence-electron chi connectivity index (χ0n) is 19.5. The first kappa shape index (κ1) is 28.1. The van der Waals surface area contributed by atoms with Gasteiger partial charge in [0.15, 0.2) is 0 Å². The predicted molar refractivity (Wildman–Crippen MR) is 125 cm³/mol. The van der Waals surface area contributed by atoms with Crippen LogP contribution in [0.2, 0.25) is 0 Å². The molecule has 0 heterocycles. The van der Waals surface area contributed by atoms with Crippen molar-refractivity contribution in [3.8, 4) is 0 Å². The van der Waals surface area contributed by atoms with Crippen LogP contribution in [-0.4, -0.2) is 19.4 Å². The molecule has 3 nitrogen and oxygen atoms in total. The number of hydrogen-bond acceptors (Lipinski definition) is 3. The summed E-state index contributed by atoms with van der Waals surface area (Å²) in [6, 6.07) is 0. The molecule has 0 aromatic rings. The summed E-state index contributed by atoms with van der Waals surface area (Å²) < 4.78 is 23.7. The van der Waals surface area contributed by atoms with Crippen molar-refractivity contribution in [2.24, 2.45) is 0 Å².